The van der Waals surface area contributed by atoms with Crippen LogP contribution in [0.15, 0.2) is 24.5 Å². The minimum atomic E-state index is -0.309. The molecule has 0 bridgehead atoms. The summed E-state index contributed by atoms with van der Waals surface area (Å²) in [6.45, 7) is 0. The van der Waals surface area contributed by atoms with Crippen molar-refractivity contribution in [2.45, 2.75) is 6.42 Å². The number of carbonyl (C=O) groups excluding carboxylic acids is 1. The van der Waals surface area contributed by atoms with Gasteiger partial charge in [0.2, 0.25) is 5.91 Å². The number of fused-ring (bicyclic) bond motifs is 1. The van der Waals surface area contributed by atoms with Gasteiger partial charge < -0.3 is 10.3 Å². The molecule has 15 heavy (non-hydrogen) atoms. The maximum absolute atomic E-state index is 11.1. The Morgan fingerprint density at radius 1 is 1.60 bits per heavy atom. The lowest BCUT2D eigenvalue weighted by molar-refractivity contribution is -0.115. The molecule has 0 atom stereocenters. The Hall–Kier alpha value is -2.35. The van der Waals surface area contributed by atoms with E-state index >= 15 is 0 Å². The third kappa shape index (κ3) is 1.94. The van der Waals surface area contributed by atoms with Crippen molar-refractivity contribution in [1.29, 1.82) is 5.26 Å². The molecule has 1 aromatic heterocycles. The molecular formula is C10H8N4O. The van der Waals surface area contributed by atoms with Crippen molar-refractivity contribution in [1.82, 2.24) is 9.97 Å². The monoisotopic (exact) mass is 200 g/mol. The van der Waals surface area contributed by atoms with Crippen LogP contribution in [-0.4, -0.2) is 15.9 Å². The fourth-order valence-corrected chi connectivity index (χ4v) is 1.29. The summed E-state index contributed by atoms with van der Waals surface area (Å²) in [7, 11) is 0. The number of hydrogen-bond acceptors (Lipinski definition) is 3. The van der Waals surface area contributed by atoms with Gasteiger partial charge in [0.1, 0.15) is 6.42 Å². The van der Waals surface area contributed by atoms with Gasteiger partial charge in [-0.15, -0.1) is 0 Å². The van der Waals surface area contributed by atoms with Crippen LogP contribution in [0, 0.1) is 11.3 Å². The van der Waals surface area contributed by atoms with Gasteiger partial charge in [0.15, 0.2) is 0 Å². The Morgan fingerprint density at radius 2 is 2.47 bits per heavy atom. The number of rotatable bonds is 2. The van der Waals surface area contributed by atoms with Crippen molar-refractivity contribution in [3.63, 3.8) is 0 Å². The lowest BCUT2D eigenvalue weighted by Gasteiger charge is -2.01. The van der Waals surface area contributed by atoms with Crippen molar-refractivity contribution >= 4 is 22.6 Å². The van der Waals surface area contributed by atoms with E-state index in [0.29, 0.717) is 5.69 Å². The minimum Gasteiger partial charge on any atom is -0.345 e. The van der Waals surface area contributed by atoms with E-state index < -0.39 is 0 Å². The average Bonchev–Trinajstić information content (AvgIpc) is 2.65. The summed E-state index contributed by atoms with van der Waals surface area (Å²) >= 11 is 0. The Morgan fingerprint density at radius 3 is 3.27 bits per heavy atom. The maximum Gasteiger partial charge on any atom is 0.238 e. The van der Waals surface area contributed by atoms with Crippen LogP contribution in [0.25, 0.3) is 11.0 Å². The Balaban J connectivity index is 2.22. The van der Waals surface area contributed by atoms with Gasteiger partial charge in [0, 0.05) is 5.69 Å². The lowest BCUT2D eigenvalue weighted by Crippen LogP contribution is -2.09. The molecule has 0 aliphatic carbocycles. The average molecular weight is 200 g/mol. The Labute approximate surface area is 85.7 Å². The quantitative estimate of drug-likeness (QED) is 0.769. The van der Waals surface area contributed by atoms with Gasteiger partial charge in [-0.3, -0.25) is 4.79 Å². The SMILES string of the molecule is N#CCC(=O)Nc1ccc2nc[nH]c2c1. The third-order valence-electron chi connectivity index (χ3n) is 1.94. The zero-order valence-corrected chi connectivity index (χ0v) is 7.82. The van der Waals surface area contributed by atoms with Crippen LogP contribution in [0.1, 0.15) is 6.42 Å². The van der Waals surface area contributed by atoms with Crippen LogP contribution in [0.5, 0.6) is 0 Å². The van der Waals surface area contributed by atoms with E-state index in [1.165, 1.54) is 0 Å². The van der Waals surface area contributed by atoms with E-state index in [4.69, 9.17) is 5.26 Å². The molecular weight excluding hydrogens is 192 g/mol. The van der Waals surface area contributed by atoms with Gasteiger partial charge >= 0.3 is 0 Å². The summed E-state index contributed by atoms with van der Waals surface area (Å²) in [6, 6.07) is 7.11. The van der Waals surface area contributed by atoms with E-state index in [1.54, 1.807) is 30.6 Å². The van der Waals surface area contributed by atoms with E-state index in [0.717, 1.165) is 11.0 Å². The molecule has 5 heteroatoms. The molecule has 0 radical (unpaired) electrons. The smallest absolute Gasteiger partial charge is 0.238 e. The van der Waals surface area contributed by atoms with Crippen molar-refractivity contribution in [2.24, 2.45) is 0 Å². The first kappa shape index (κ1) is 9.21. The second-order valence-electron chi connectivity index (χ2n) is 3.02. The van der Waals surface area contributed by atoms with Gasteiger partial charge in [-0.05, 0) is 18.2 Å². The zero-order chi connectivity index (χ0) is 10.7. The normalized spacial score (nSPS) is 9.80. The Kier molecular flexibility index (Phi) is 2.33. The number of nitrogens with zero attached hydrogens (tertiary/aromatic N) is 2. The fourth-order valence-electron chi connectivity index (χ4n) is 1.29. The lowest BCUT2D eigenvalue weighted by atomic mass is 10.2. The molecule has 1 amide bonds. The van der Waals surface area contributed by atoms with Gasteiger partial charge in [-0.25, -0.2) is 4.98 Å². The molecule has 2 aromatic rings. The highest BCUT2D eigenvalue weighted by molar-refractivity contribution is 5.93. The van der Waals surface area contributed by atoms with Crippen LogP contribution in [0.3, 0.4) is 0 Å². The molecule has 2 rings (SSSR count). The predicted molar refractivity (Wildman–Crippen MR) is 55.0 cm³/mol. The predicted octanol–water partition coefficient (Wildman–Crippen LogP) is 1.42. The highest BCUT2D eigenvalue weighted by atomic mass is 16.1. The molecule has 0 spiro atoms. The summed E-state index contributed by atoms with van der Waals surface area (Å²) in [4.78, 5) is 18.1. The molecule has 0 saturated carbocycles. The molecule has 2 N–H and O–H groups in total. The molecule has 0 aliphatic rings. The van der Waals surface area contributed by atoms with Gasteiger partial charge in [0.05, 0.1) is 23.4 Å². The molecule has 1 heterocycles. The topological polar surface area (TPSA) is 81.6 Å². The van der Waals surface area contributed by atoms with E-state index in [1.807, 2.05) is 0 Å². The van der Waals surface area contributed by atoms with Crippen molar-refractivity contribution in [3.05, 3.63) is 24.5 Å². The van der Waals surface area contributed by atoms with Crippen LogP contribution >= 0.6 is 0 Å². The fraction of sp³-hybridized carbons (Fsp3) is 0.100. The van der Waals surface area contributed by atoms with Gasteiger partial charge in [0.25, 0.3) is 0 Å². The number of imidazole rings is 1. The molecule has 1 aromatic carbocycles. The summed E-state index contributed by atoms with van der Waals surface area (Å²) in [6.07, 6.45) is 1.45. The highest BCUT2D eigenvalue weighted by Gasteiger charge is 2.02. The second kappa shape index (κ2) is 3.80. The number of nitriles is 1. The van der Waals surface area contributed by atoms with Crippen molar-refractivity contribution in [2.75, 3.05) is 5.32 Å². The van der Waals surface area contributed by atoms with Gasteiger partial charge in [-0.2, -0.15) is 5.26 Å². The Bertz CT molecular complexity index is 538. The maximum atomic E-state index is 11.1. The second-order valence-corrected chi connectivity index (χ2v) is 3.02. The minimum absolute atomic E-state index is 0.138. The van der Waals surface area contributed by atoms with Crippen molar-refractivity contribution < 1.29 is 4.79 Å². The number of anilines is 1. The number of carbonyl (C=O) groups is 1. The number of nitrogens with one attached hydrogen (secondary N) is 2. The summed E-state index contributed by atoms with van der Waals surface area (Å²) < 4.78 is 0. The standard InChI is InChI=1S/C10H8N4O/c11-4-3-10(15)14-7-1-2-8-9(5-7)13-6-12-8/h1-2,5-6H,3H2,(H,12,13)(H,14,15). The first-order valence-corrected chi connectivity index (χ1v) is 4.39. The van der Waals surface area contributed by atoms with E-state index in [-0.39, 0.29) is 12.3 Å². The summed E-state index contributed by atoms with van der Waals surface area (Å²) in [5.41, 5.74) is 2.35. The van der Waals surface area contributed by atoms with Crippen LogP contribution in [0.4, 0.5) is 5.69 Å². The largest absolute Gasteiger partial charge is 0.345 e. The first-order valence-electron chi connectivity index (χ1n) is 4.39. The molecule has 0 saturated heterocycles. The van der Waals surface area contributed by atoms with Crippen molar-refractivity contribution in [3.8, 4) is 6.07 Å². The number of aromatic amines is 1. The highest BCUT2D eigenvalue weighted by Crippen LogP contribution is 2.15. The molecule has 0 unspecified atom stereocenters. The third-order valence-corrected chi connectivity index (χ3v) is 1.94. The van der Waals surface area contributed by atoms with Crippen LogP contribution < -0.4 is 5.32 Å². The molecule has 0 fully saturated rings. The summed E-state index contributed by atoms with van der Waals surface area (Å²) in [5, 5.41) is 10.9. The van der Waals surface area contributed by atoms with E-state index in [2.05, 4.69) is 15.3 Å². The van der Waals surface area contributed by atoms with Crippen LogP contribution in [0.2, 0.25) is 0 Å². The molecule has 5 nitrogen and oxygen atoms in total. The van der Waals surface area contributed by atoms with Gasteiger partial charge in [-0.1, -0.05) is 0 Å². The number of H-pyrrole nitrogens is 1. The zero-order valence-electron chi connectivity index (χ0n) is 7.82. The molecule has 0 aliphatic heterocycles. The number of benzene rings is 1. The number of aromatic nitrogens is 2. The number of hydrogen-bond donors (Lipinski definition) is 2. The first-order chi connectivity index (χ1) is 7.29. The molecule has 74 valence electrons. The number of amides is 1. The summed E-state index contributed by atoms with van der Waals surface area (Å²) in [5.74, 6) is -0.309. The van der Waals surface area contributed by atoms with E-state index in [9.17, 15) is 4.79 Å². The van der Waals surface area contributed by atoms with Crippen LogP contribution in [-0.2, 0) is 4.79 Å².